The van der Waals surface area contributed by atoms with Crippen LogP contribution in [-0.4, -0.2) is 19.6 Å². The lowest BCUT2D eigenvalue weighted by molar-refractivity contribution is 0.463. The molecule has 3 heterocycles. The van der Waals surface area contributed by atoms with Gasteiger partial charge in [0, 0.05) is 28.6 Å². The number of pyridine rings is 2. The number of rotatable bonds is 4. The summed E-state index contributed by atoms with van der Waals surface area (Å²) in [4.78, 5) is 9.70. The Morgan fingerprint density at radius 2 is 1.51 bits per heavy atom. The fourth-order valence-corrected chi connectivity index (χ4v) is 5.32. The Balaban J connectivity index is 1.66. The van der Waals surface area contributed by atoms with Crippen LogP contribution in [-0.2, 0) is 10.8 Å². The molecule has 5 heteroatoms. The molecule has 0 saturated heterocycles. The van der Waals surface area contributed by atoms with Gasteiger partial charge in [-0.2, -0.15) is 0 Å². The lowest BCUT2D eigenvalue weighted by Gasteiger charge is -2.23. The van der Waals surface area contributed by atoms with Gasteiger partial charge in [0.05, 0.1) is 16.9 Å². The summed E-state index contributed by atoms with van der Waals surface area (Å²) in [7, 11) is 0. The Morgan fingerprint density at radius 1 is 0.732 bits per heavy atom. The Bertz CT molecular complexity index is 1890. The van der Waals surface area contributed by atoms with Crippen LogP contribution in [0, 0.1) is 0 Å². The molecule has 41 heavy (non-hydrogen) atoms. The summed E-state index contributed by atoms with van der Waals surface area (Å²) in [6.45, 7) is 13.3. The number of hydrogen-bond acceptors (Lipinski definition) is 4. The van der Waals surface area contributed by atoms with Gasteiger partial charge in [-0.15, -0.1) is 0 Å². The van der Waals surface area contributed by atoms with E-state index < -0.39 is 0 Å². The van der Waals surface area contributed by atoms with Crippen LogP contribution in [0.5, 0.6) is 17.4 Å². The first-order valence-electron chi connectivity index (χ1n) is 14.0. The van der Waals surface area contributed by atoms with Gasteiger partial charge in [-0.1, -0.05) is 77.9 Å². The first kappa shape index (κ1) is 26.6. The van der Waals surface area contributed by atoms with Gasteiger partial charge >= 0.3 is 0 Å². The summed E-state index contributed by atoms with van der Waals surface area (Å²) in [6, 6.07) is 30.0. The first-order valence-corrected chi connectivity index (χ1v) is 14.0. The zero-order valence-electron chi connectivity index (χ0n) is 24.4. The Labute approximate surface area is 241 Å². The number of nitrogens with zero attached hydrogens (tertiary/aromatic N) is 3. The molecule has 0 amide bonds. The zero-order chi connectivity index (χ0) is 28.9. The highest BCUT2D eigenvalue weighted by Gasteiger charge is 2.26. The highest BCUT2D eigenvalue weighted by molar-refractivity contribution is 6.09. The average molecular weight is 542 g/mol. The predicted molar refractivity (Wildman–Crippen MR) is 167 cm³/mol. The normalized spacial score (nSPS) is 12.2. The maximum atomic E-state index is 11.0. The van der Waals surface area contributed by atoms with Crippen molar-refractivity contribution in [2.45, 2.75) is 52.4 Å². The number of benzene rings is 3. The number of para-hydroxylation sites is 2. The second kappa shape index (κ2) is 9.77. The van der Waals surface area contributed by atoms with E-state index in [0.717, 1.165) is 38.8 Å². The lowest BCUT2D eigenvalue weighted by Crippen LogP contribution is -2.14. The van der Waals surface area contributed by atoms with E-state index in [1.54, 1.807) is 12.3 Å². The van der Waals surface area contributed by atoms with Crippen LogP contribution in [0.4, 0.5) is 0 Å². The molecule has 0 radical (unpaired) electrons. The van der Waals surface area contributed by atoms with Gasteiger partial charge < -0.3 is 9.84 Å². The Morgan fingerprint density at radius 3 is 2.22 bits per heavy atom. The summed E-state index contributed by atoms with van der Waals surface area (Å²) < 4.78 is 8.16. The molecule has 1 N–H and O–H groups in total. The molecule has 3 aromatic carbocycles. The molecule has 0 atom stereocenters. The maximum absolute atomic E-state index is 11.0. The highest BCUT2D eigenvalue weighted by atomic mass is 16.5. The summed E-state index contributed by atoms with van der Waals surface area (Å²) >= 11 is 0. The van der Waals surface area contributed by atoms with Crippen molar-refractivity contribution in [3.63, 3.8) is 0 Å². The molecule has 0 saturated carbocycles. The molecule has 0 unspecified atom stereocenters. The van der Waals surface area contributed by atoms with Gasteiger partial charge in [0.1, 0.15) is 17.1 Å². The third-order valence-electron chi connectivity index (χ3n) is 7.51. The van der Waals surface area contributed by atoms with Crippen molar-refractivity contribution < 1.29 is 9.84 Å². The number of phenolic OH excluding ortho intramolecular Hbond substituents is 1. The number of phenols is 1. The number of hydrogen-bond donors (Lipinski definition) is 1. The molecular weight excluding hydrogens is 506 g/mol. The van der Waals surface area contributed by atoms with Crippen molar-refractivity contribution in [1.29, 1.82) is 0 Å². The zero-order valence-corrected chi connectivity index (χ0v) is 24.4. The summed E-state index contributed by atoms with van der Waals surface area (Å²) in [6.07, 6.45) is 1.72. The molecule has 0 spiro atoms. The van der Waals surface area contributed by atoms with Crippen LogP contribution >= 0.6 is 0 Å². The average Bonchev–Trinajstić information content (AvgIpc) is 3.25. The molecule has 206 valence electrons. The van der Waals surface area contributed by atoms with E-state index in [4.69, 9.17) is 9.72 Å². The summed E-state index contributed by atoms with van der Waals surface area (Å²) in [5.74, 6) is 1.44. The minimum atomic E-state index is -0.181. The Kier molecular flexibility index (Phi) is 6.33. The van der Waals surface area contributed by atoms with E-state index in [1.807, 2.05) is 54.6 Å². The van der Waals surface area contributed by atoms with Crippen LogP contribution < -0.4 is 4.74 Å². The number of fused-ring (bicyclic) bond motifs is 3. The molecular formula is C36H35N3O2. The monoisotopic (exact) mass is 541 g/mol. The van der Waals surface area contributed by atoms with E-state index >= 15 is 0 Å². The standard InChI is InChI=1S/C36H35N3O2/c1-35(2,3)24-17-18-29-26(21-24)27-22-28(36(4,5)6)33(38-34(27)39(29)30-14-7-8-15-31(30)40)23-12-11-13-25(20-23)41-32-16-9-10-19-37-32/h7-22,40H,1-6H3. The maximum Gasteiger partial charge on any atom is 0.219 e. The summed E-state index contributed by atoms with van der Waals surface area (Å²) in [5, 5.41) is 13.1. The lowest BCUT2D eigenvalue weighted by atomic mass is 9.83. The van der Waals surface area contributed by atoms with Crippen molar-refractivity contribution in [1.82, 2.24) is 14.5 Å². The first-order chi connectivity index (χ1) is 19.5. The minimum absolute atomic E-state index is 0.00816. The molecule has 3 aromatic heterocycles. The highest BCUT2D eigenvalue weighted by Crippen LogP contribution is 2.41. The largest absolute Gasteiger partial charge is 0.506 e. The van der Waals surface area contributed by atoms with Gasteiger partial charge in [0.25, 0.3) is 0 Å². The predicted octanol–water partition coefficient (Wildman–Crippen LogP) is 9.33. The number of ether oxygens (including phenoxy) is 1. The molecule has 0 bridgehead atoms. The van der Waals surface area contributed by atoms with Crippen LogP contribution in [0.15, 0.2) is 97.2 Å². The third-order valence-corrected chi connectivity index (χ3v) is 7.51. The topological polar surface area (TPSA) is 60.2 Å². The van der Waals surface area contributed by atoms with Gasteiger partial charge in [-0.3, -0.25) is 4.57 Å². The molecule has 0 aliphatic carbocycles. The van der Waals surface area contributed by atoms with Crippen molar-refractivity contribution in [3.8, 4) is 34.3 Å². The molecule has 6 aromatic rings. The van der Waals surface area contributed by atoms with Gasteiger partial charge in [0.2, 0.25) is 5.88 Å². The summed E-state index contributed by atoms with van der Waals surface area (Å²) in [5.41, 5.74) is 6.54. The SMILES string of the molecule is CC(C)(C)c1ccc2c(c1)c1cc(C(C)(C)C)c(-c3cccc(Oc4ccccn4)c3)nc1n2-c1ccccc1O. The van der Waals surface area contributed by atoms with Crippen LogP contribution in [0.3, 0.4) is 0 Å². The van der Waals surface area contributed by atoms with Crippen molar-refractivity contribution >= 4 is 21.9 Å². The Hall–Kier alpha value is -4.64. The van der Waals surface area contributed by atoms with Crippen LogP contribution in [0.1, 0.15) is 52.7 Å². The van der Waals surface area contributed by atoms with Gasteiger partial charge in [-0.05, 0) is 70.5 Å². The smallest absolute Gasteiger partial charge is 0.219 e. The van der Waals surface area contributed by atoms with E-state index in [2.05, 4.69) is 81.4 Å². The van der Waals surface area contributed by atoms with E-state index in [-0.39, 0.29) is 16.6 Å². The minimum Gasteiger partial charge on any atom is -0.506 e. The number of aromatic nitrogens is 3. The van der Waals surface area contributed by atoms with Crippen molar-refractivity contribution in [2.24, 2.45) is 0 Å². The quantitative estimate of drug-likeness (QED) is 0.242. The molecule has 5 nitrogen and oxygen atoms in total. The second-order valence-corrected chi connectivity index (χ2v) is 12.6. The fraction of sp³-hybridized carbons (Fsp3) is 0.222. The molecule has 6 rings (SSSR count). The van der Waals surface area contributed by atoms with E-state index in [0.29, 0.717) is 17.3 Å². The molecule has 0 aliphatic heterocycles. The van der Waals surface area contributed by atoms with Gasteiger partial charge in [0.15, 0.2) is 0 Å². The van der Waals surface area contributed by atoms with E-state index in [9.17, 15) is 5.11 Å². The molecule has 0 fully saturated rings. The van der Waals surface area contributed by atoms with Crippen LogP contribution in [0.2, 0.25) is 0 Å². The second-order valence-electron chi connectivity index (χ2n) is 12.6. The molecule has 0 aliphatic rings. The fourth-order valence-electron chi connectivity index (χ4n) is 5.32. The van der Waals surface area contributed by atoms with Crippen LogP contribution in [0.25, 0.3) is 38.9 Å². The number of aromatic hydroxyl groups is 1. The van der Waals surface area contributed by atoms with E-state index in [1.165, 1.54) is 5.56 Å². The third kappa shape index (κ3) is 4.93. The van der Waals surface area contributed by atoms with Crippen molar-refractivity contribution in [2.75, 3.05) is 0 Å². The van der Waals surface area contributed by atoms with Gasteiger partial charge in [-0.25, -0.2) is 9.97 Å². The van der Waals surface area contributed by atoms with Crippen molar-refractivity contribution in [3.05, 3.63) is 108 Å².